The molecule has 52 heavy (non-hydrogen) atoms. The summed E-state index contributed by atoms with van der Waals surface area (Å²) in [7, 11) is 0. The minimum Gasteiger partial charge on any atom is -0.435 e. The Morgan fingerprint density at radius 1 is 0.346 bits per heavy atom. The van der Waals surface area contributed by atoms with E-state index < -0.39 is 0 Å². The van der Waals surface area contributed by atoms with Gasteiger partial charge in [0.05, 0.1) is 0 Å². The number of anilines is 3. The zero-order chi connectivity index (χ0) is 34.4. The van der Waals surface area contributed by atoms with E-state index in [1.165, 1.54) is 32.7 Å². The maximum Gasteiger partial charge on any atom is 0.227 e. The van der Waals surface area contributed by atoms with E-state index in [0.717, 1.165) is 55.6 Å². The molecule has 0 spiro atoms. The normalized spacial score (nSPS) is 11.5. The van der Waals surface area contributed by atoms with Crippen LogP contribution in [-0.2, 0) is 0 Å². The molecule has 1 aromatic heterocycles. The van der Waals surface area contributed by atoms with Crippen LogP contribution in [0.1, 0.15) is 0 Å². The number of para-hydroxylation sites is 1. The molecule has 9 aromatic carbocycles. The summed E-state index contributed by atoms with van der Waals surface area (Å²) in [6.07, 6.45) is 0. The first-order valence-electron chi connectivity index (χ1n) is 17.6. The SMILES string of the molecule is c1ccc(-c2nc3ccc4ccc(-c5ccc6ccc(N(c7ccccc7)c7ccc(-c8ccc9ccccc9c8)cc7)cc6c5)cc4c3o2)cc1. The lowest BCUT2D eigenvalue weighted by Gasteiger charge is -2.26. The van der Waals surface area contributed by atoms with Crippen molar-refractivity contribution in [3.8, 4) is 33.7 Å². The third-order valence-electron chi connectivity index (χ3n) is 10.0. The highest BCUT2D eigenvalue weighted by atomic mass is 16.3. The molecular formula is C49H32N2O. The maximum absolute atomic E-state index is 6.39. The van der Waals surface area contributed by atoms with Crippen molar-refractivity contribution in [1.29, 1.82) is 0 Å². The molecule has 0 saturated carbocycles. The Balaban J connectivity index is 1.03. The molecule has 0 saturated heterocycles. The average Bonchev–Trinajstić information content (AvgIpc) is 3.67. The van der Waals surface area contributed by atoms with Gasteiger partial charge >= 0.3 is 0 Å². The highest BCUT2D eigenvalue weighted by Crippen LogP contribution is 2.39. The molecule has 244 valence electrons. The predicted molar refractivity (Wildman–Crippen MR) is 218 cm³/mol. The summed E-state index contributed by atoms with van der Waals surface area (Å²) in [5.41, 5.74) is 10.6. The van der Waals surface area contributed by atoms with Gasteiger partial charge in [-0.1, -0.05) is 121 Å². The van der Waals surface area contributed by atoms with Gasteiger partial charge < -0.3 is 9.32 Å². The smallest absolute Gasteiger partial charge is 0.227 e. The van der Waals surface area contributed by atoms with Crippen LogP contribution in [0.5, 0.6) is 0 Å². The van der Waals surface area contributed by atoms with Crippen molar-refractivity contribution in [3.63, 3.8) is 0 Å². The van der Waals surface area contributed by atoms with Gasteiger partial charge in [-0.15, -0.1) is 0 Å². The second kappa shape index (κ2) is 12.4. The Kier molecular flexibility index (Phi) is 7.14. The minimum atomic E-state index is 0.637. The summed E-state index contributed by atoms with van der Waals surface area (Å²) in [4.78, 5) is 7.14. The lowest BCUT2D eigenvalue weighted by molar-refractivity contribution is 0.623. The Morgan fingerprint density at radius 2 is 0.885 bits per heavy atom. The van der Waals surface area contributed by atoms with E-state index in [2.05, 4.69) is 163 Å². The molecule has 0 amide bonds. The van der Waals surface area contributed by atoms with Gasteiger partial charge in [0.15, 0.2) is 5.58 Å². The van der Waals surface area contributed by atoms with Gasteiger partial charge in [0.25, 0.3) is 0 Å². The summed E-state index contributed by atoms with van der Waals surface area (Å²) >= 11 is 0. The number of aromatic nitrogens is 1. The number of fused-ring (bicyclic) bond motifs is 5. The molecule has 10 aromatic rings. The largest absolute Gasteiger partial charge is 0.435 e. The number of nitrogens with zero attached hydrogens (tertiary/aromatic N) is 2. The number of rotatable bonds is 6. The molecule has 3 heteroatoms. The zero-order valence-corrected chi connectivity index (χ0v) is 28.3. The number of hydrogen-bond acceptors (Lipinski definition) is 3. The van der Waals surface area contributed by atoms with Crippen LogP contribution >= 0.6 is 0 Å². The maximum atomic E-state index is 6.39. The molecule has 0 aliphatic rings. The molecule has 0 radical (unpaired) electrons. The van der Waals surface area contributed by atoms with Crippen LogP contribution in [0.15, 0.2) is 199 Å². The highest BCUT2D eigenvalue weighted by Gasteiger charge is 2.15. The van der Waals surface area contributed by atoms with Crippen molar-refractivity contribution in [1.82, 2.24) is 4.98 Å². The fraction of sp³-hybridized carbons (Fsp3) is 0. The third kappa shape index (κ3) is 5.37. The Hall–Kier alpha value is -6.97. The minimum absolute atomic E-state index is 0.637. The molecule has 0 bridgehead atoms. The lowest BCUT2D eigenvalue weighted by atomic mass is 9.98. The van der Waals surface area contributed by atoms with Crippen molar-refractivity contribution in [3.05, 3.63) is 194 Å². The van der Waals surface area contributed by atoms with Crippen LogP contribution in [-0.4, -0.2) is 4.98 Å². The monoisotopic (exact) mass is 664 g/mol. The zero-order valence-electron chi connectivity index (χ0n) is 28.3. The Morgan fingerprint density at radius 3 is 1.67 bits per heavy atom. The highest BCUT2D eigenvalue weighted by molar-refractivity contribution is 6.05. The first-order chi connectivity index (χ1) is 25.7. The lowest BCUT2D eigenvalue weighted by Crippen LogP contribution is -2.09. The predicted octanol–water partition coefficient (Wildman–Crippen LogP) is 13.8. The molecule has 0 aliphatic carbocycles. The number of hydrogen-bond donors (Lipinski definition) is 0. The number of benzene rings is 9. The van der Waals surface area contributed by atoms with E-state index in [-0.39, 0.29) is 0 Å². The van der Waals surface area contributed by atoms with Crippen molar-refractivity contribution in [2.45, 2.75) is 0 Å². The van der Waals surface area contributed by atoms with Gasteiger partial charge in [0.2, 0.25) is 5.89 Å². The van der Waals surface area contributed by atoms with Crippen molar-refractivity contribution in [2.24, 2.45) is 0 Å². The van der Waals surface area contributed by atoms with E-state index in [1.54, 1.807) is 0 Å². The second-order valence-electron chi connectivity index (χ2n) is 13.3. The van der Waals surface area contributed by atoms with Crippen molar-refractivity contribution < 1.29 is 4.42 Å². The van der Waals surface area contributed by atoms with E-state index in [1.807, 2.05) is 36.4 Å². The van der Waals surface area contributed by atoms with Crippen LogP contribution < -0.4 is 4.90 Å². The van der Waals surface area contributed by atoms with E-state index in [0.29, 0.717) is 5.89 Å². The Bertz CT molecular complexity index is 2890. The van der Waals surface area contributed by atoms with Crippen molar-refractivity contribution in [2.75, 3.05) is 4.90 Å². The average molecular weight is 665 g/mol. The fourth-order valence-electron chi connectivity index (χ4n) is 7.34. The van der Waals surface area contributed by atoms with Crippen LogP contribution in [0.25, 0.3) is 77.1 Å². The molecule has 0 fully saturated rings. The van der Waals surface area contributed by atoms with Gasteiger partial charge in [0.1, 0.15) is 5.52 Å². The van der Waals surface area contributed by atoms with Crippen LogP contribution in [0.3, 0.4) is 0 Å². The van der Waals surface area contributed by atoms with Gasteiger partial charge in [-0.25, -0.2) is 4.98 Å². The topological polar surface area (TPSA) is 29.3 Å². The molecule has 1 heterocycles. The summed E-state index contributed by atoms with van der Waals surface area (Å²) in [5.74, 6) is 0.637. The molecule has 3 nitrogen and oxygen atoms in total. The fourth-order valence-corrected chi connectivity index (χ4v) is 7.34. The third-order valence-corrected chi connectivity index (χ3v) is 10.0. The molecule has 0 aliphatic heterocycles. The first kappa shape index (κ1) is 29.9. The summed E-state index contributed by atoms with van der Waals surface area (Å²) in [6, 6.07) is 69.0. The van der Waals surface area contributed by atoms with E-state index in [4.69, 9.17) is 9.40 Å². The number of oxazole rings is 1. The molecule has 0 atom stereocenters. The van der Waals surface area contributed by atoms with E-state index >= 15 is 0 Å². The van der Waals surface area contributed by atoms with Crippen molar-refractivity contribution >= 4 is 60.5 Å². The van der Waals surface area contributed by atoms with Gasteiger partial charge in [0, 0.05) is 28.0 Å². The quantitative estimate of drug-likeness (QED) is 0.177. The van der Waals surface area contributed by atoms with Gasteiger partial charge in [-0.3, -0.25) is 0 Å². The summed E-state index contributed by atoms with van der Waals surface area (Å²) in [5, 5.41) is 7.05. The van der Waals surface area contributed by atoms with Crippen LogP contribution in [0.4, 0.5) is 17.1 Å². The molecule has 0 N–H and O–H groups in total. The second-order valence-corrected chi connectivity index (χ2v) is 13.3. The molecule has 0 unspecified atom stereocenters. The van der Waals surface area contributed by atoms with Crippen LogP contribution in [0.2, 0.25) is 0 Å². The summed E-state index contributed by atoms with van der Waals surface area (Å²) < 4.78 is 6.39. The standard InChI is InChI=1S/C49H32N2O/c1-3-10-37(11-4-1)49-50-47-28-24-36-17-20-41(32-46(36)48(47)52-49)40-19-16-35-23-27-45(31-42(35)30-40)51(43-13-5-2-6-14-43)44-25-21-34(22-26-44)39-18-15-33-9-7-8-12-38(33)29-39/h1-32H. The summed E-state index contributed by atoms with van der Waals surface area (Å²) in [6.45, 7) is 0. The van der Waals surface area contributed by atoms with Gasteiger partial charge in [-0.2, -0.15) is 0 Å². The molecule has 10 rings (SSSR count). The first-order valence-corrected chi connectivity index (χ1v) is 17.6. The van der Waals surface area contributed by atoms with Gasteiger partial charge in [-0.05, 0) is 122 Å². The molecular weight excluding hydrogens is 633 g/mol. The van der Waals surface area contributed by atoms with E-state index in [9.17, 15) is 0 Å². The van der Waals surface area contributed by atoms with Crippen LogP contribution in [0, 0.1) is 0 Å². The Labute approximate surface area is 301 Å².